The number of nitrogens with one attached hydrogen (secondary N) is 2. The number of guanidine groups is 1. The van der Waals surface area contributed by atoms with Crippen LogP contribution in [0, 0.1) is 0 Å². The van der Waals surface area contributed by atoms with E-state index in [0.717, 1.165) is 17.4 Å². The molecular formula is C14H22IN3OS. The maximum absolute atomic E-state index is 12.0. The van der Waals surface area contributed by atoms with Gasteiger partial charge >= 0.3 is 0 Å². The van der Waals surface area contributed by atoms with Crippen molar-refractivity contribution in [1.82, 2.24) is 10.6 Å². The fraction of sp³-hybridized carbons (Fsp3) is 0.500. The van der Waals surface area contributed by atoms with Crippen molar-refractivity contribution in [3.63, 3.8) is 0 Å². The van der Waals surface area contributed by atoms with Crippen molar-refractivity contribution in [2.45, 2.75) is 30.7 Å². The average molecular weight is 407 g/mol. The average Bonchev–Trinajstić information content (AvgIpc) is 3.24. The third-order valence-electron chi connectivity index (χ3n) is 2.82. The third kappa shape index (κ3) is 6.21. The molecule has 1 fully saturated rings. The van der Waals surface area contributed by atoms with Crippen molar-refractivity contribution in [3.05, 3.63) is 30.3 Å². The Morgan fingerprint density at radius 1 is 1.35 bits per heavy atom. The smallest absolute Gasteiger partial charge is 0.191 e. The van der Waals surface area contributed by atoms with Crippen LogP contribution in [0.2, 0.25) is 0 Å². The molecule has 0 heterocycles. The number of rotatable bonds is 6. The summed E-state index contributed by atoms with van der Waals surface area (Å²) in [7, 11) is -0.963. The molecule has 0 amide bonds. The van der Waals surface area contributed by atoms with Crippen LogP contribution in [-0.4, -0.2) is 35.1 Å². The lowest BCUT2D eigenvalue weighted by molar-refractivity contribution is 0.682. The van der Waals surface area contributed by atoms with Crippen molar-refractivity contribution < 1.29 is 4.21 Å². The number of nitrogens with zero attached hydrogens (tertiary/aromatic N) is 1. The molecule has 0 radical (unpaired) electrons. The third-order valence-corrected chi connectivity index (χ3v) is 4.17. The molecule has 1 aromatic rings. The standard InChI is InChI=1S/C14H21N3OS.HI/c1-2-15-14(17-12-8-9-12)16-10-11-19(18)13-6-4-3-5-7-13;/h3-7,12H,2,8-11H2,1H3,(H2,15,16,17);1H. The summed E-state index contributed by atoms with van der Waals surface area (Å²) < 4.78 is 12.0. The summed E-state index contributed by atoms with van der Waals surface area (Å²) in [5.74, 6) is 1.40. The summed E-state index contributed by atoms with van der Waals surface area (Å²) in [5.41, 5.74) is 0. The number of halogens is 1. The van der Waals surface area contributed by atoms with Crippen LogP contribution < -0.4 is 10.6 Å². The molecule has 1 saturated carbocycles. The van der Waals surface area contributed by atoms with Gasteiger partial charge in [0.25, 0.3) is 0 Å². The molecule has 6 heteroatoms. The number of benzene rings is 1. The van der Waals surface area contributed by atoms with Gasteiger partial charge in [-0.3, -0.25) is 9.20 Å². The minimum atomic E-state index is -0.963. The Morgan fingerprint density at radius 3 is 2.65 bits per heavy atom. The van der Waals surface area contributed by atoms with Gasteiger partial charge in [-0.2, -0.15) is 0 Å². The van der Waals surface area contributed by atoms with E-state index in [2.05, 4.69) is 15.6 Å². The van der Waals surface area contributed by atoms with Gasteiger partial charge in [0.15, 0.2) is 5.96 Å². The summed E-state index contributed by atoms with van der Waals surface area (Å²) in [6.45, 7) is 3.47. The van der Waals surface area contributed by atoms with Gasteiger partial charge in [0.1, 0.15) is 0 Å². The molecule has 2 rings (SSSR count). The van der Waals surface area contributed by atoms with E-state index < -0.39 is 10.8 Å². The quantitative estimate of drug-likeness (QED) is 0.432. The van der Waals surface area contributed by atoms with E-state index in [1.807, 2.05) is 37.3 Å². The molecule has 112 valence electrons. The first-order valence-electron chi connectivity index (χ1n) is 6.78. The number of hydrogen-bond donors (Lipinski definition) is 2. The summed E-state index contributed by atoms with van der Waals surface area (Å²) in [6.07, 6.45) is 2.45. The lowest BCUT2D eigenvalue weighted by Crippen LogP contribution is -2.38. The van der Waals surface area contributed by atoms with Crippen molar-refractivity contribution >= 4 is 40.7 Å². The molecule has 0 bridgehead atoms. The highest BCUT2D eigenvalue weighted by molar-refractivity contribution is 14.0. The fourth-order valence-electron chi connectivity index (χ4n) is 1.67. The van der Waals surface area contributed by atoms with Gasteiger partial charge in [-0.05, 0) is 31.9 Å². The van der Waals surface area contributed by atoms with Gasteiger partial charge in [-0.15, -0.1) is 24.0 Å². The van der Waals surface area contributed by atoms with Crippen LogP contribution in [-0.2, 0) is 10.8 Å². The van der Waals surface area contributed by atoms with E-state index in [0.29, 0.717) is 18.3 Å². The van der Waals surface area contributed by atoms with E-state index in [-0.39, 0.29) is 24.0 Å². The molecule has 20 heavy (non-hydrogen) atoms. The van der Waals surface area contributed by atoms with Crippen molar-refractivity contribution in [1.29, 1.82) is 0 Å². The number of hydrogen-bond acceptors (Lipinski definition) is 2. The highest BCUT2D eigenvalue weighted by Crippen LogP contribution is 2.18. The van der Waals surface area contributed by atoms with Crippen LogP contribution in [0.4, 0.5) is 0 Å². The van der Waals surface area contributed by atoms with Gasteiger partial charge < -0.3 is 10.6 Å². The largest absolute Gasteiger partial charge is 0.357 e. The van der Waals surface area contributed by atoms with Gasteiger partial charge in [0.2, 0.25) is 0 Å². The van der Waals surface area contributed by atoms with Crippen LogP contribution in [0.3, 0.4) is 0 Å². The van der Waals surface area contributed by atoms with Crippen LogP contribution in [0.15, 0.2) is 40.2 Å². The van der Waals surface area contributed by atoms with Crippen LogP contribution in [0.25, 0.3) is 0 Å². The minimum Gasteiger partial charge on any atom is -0.357 e. The van der Waals surface area contributed by atoms with E-state index in [4.69, 9.17) is 0 Å². The molecule has 0 aliphatic heterocycles. The molecule has 1 aromatic carbocycles. The zero-order valence-corrected chi connectivity index (χ0v) is 14.8. The monoisotopic (exact) mass is 407 g/mol. The molecule has 1 atom stereocenters. The van der Waals surface area contributed by atoms with Gasteiger partial charge in [0.05, 0.1) is 17.3 Å². The lowest BCUT2D eigenvalue weighted by atomic mass is 10.4. The highest BCUT2D eigenvalue weighted by atomic mass is 127. The first kappa shape index (κ1) is 17.4. The zero-order chi connectivity index (χ0) is 13.5. The zero-order valence-electron chi connectivity index (χ0n) is 11.7. The Morgan fingerprint density at radius 2 is 2.05 bits per heavy atom. The van der Waals surface area contributed by atoms with Crippen LogP contribution >= 0.6 is 24.0 Å². The predicted molar refractivity (Wildman–Crippen MR) is 95.3 cm³/mol. The SMILES string of the molecule is CCNC(=NCCS(=O)c1ccccc1)NC1CC1.I. The second-order valence-corrected chi connectivity index (χ2v) is 6.11. The second-order valence-electron chi connectivity index (χ2n) is 4.54. The normalized spacial score (nSPS) is 16.1. The summed E-state index contributed by atoms with van der Waals surface area (Å²) in [6, 6.07) is 10.1. The molecule has 1 aliphatic carbocycles. The van der Waals surface area contributed by atoms with Gasteiger partial charge in [-0.1, -0.05) is 18.2 Å². The maximum atomic E-state index is 12.0. The van der Waals surface area contributed by atoms with Crippen LogP contribution in [0.1, 0.15) is 19.8 Å². The molecule has 1 aliphatic rings. The summed E-state index contributed by atoms with van der Waals surface area (Å²) >= 11 is 0. The summed E-state index contributed by atoms with van der Waals surface area (Å²) in [4.78, 5) is 5.33. The fourth-order valence-corrected chi connectivity index (χ4v) is 2.63. The predicted octanol–water partition coefficient (Wildman–Crippen LogP) is 2.13. The Hall–Kier alpha value is -0.630. The van der Waals surface area contributed by atoms with Crippen LogP contribution in [0.5, 0.6) is 0 Å². The van der Waals surface area contributed by atoms with Crippen molar-refractivity contribution in [3.8, 4) is 0 Å². The van der Waals surface area contributed by atoms with E-state index in [1.54, 1.807) is 0 Å². The molecule has 0 aromatic heterocycles. The molecule has 4 nitrogen and oxygen atoms in total. The Labute approximate surface area is 140 Å². The first-order chi connectivity index (χ1) is 9.29. The van der Waals surface area contributed by atoms with Crippen molar-refractivity contribution in [2.24, 2.45) is 4.99 Å². The Bertz CT molecular complexity index is 449. The minimum absolute atomic E-state index is 0. The second kappa shape index (κ2) is 9.33. The van der Waals surface area contributed by atoms with E-state index in [1.165, 1.54) is 12.8 Å². The van der Waals surface area contributed by atoms with E-state index in [9.17, 15) is 4.21 Å². The Balaban J connectivity index is 0.00000200. The lowest BCUT2D eigenvalue weighted by Gasteiger charge is -2.09. The Kier molecular flexibility index (Phi) is 8.13. The topological polar surface area (TPSA) is 53.5 Å². The molecule has 0 spiro atoms. The van der Waals surface area contributed by atoms with E-state index >= 15 is 0 Å². The molecular weight excluding hydrogens is 385 g/mol. The van der Waals surface area contributed by atoms with Gasteiger partial charge in [0, 0.05) is 23.2 Å². The molecule has 0 saturated heterocycles. The highest BCUT2D eigenvalue weighted by Gasteiger charge is 2.21. The first-order valence-corrected chi connectivity index (χ1v) is 8.09. The summed E-state index contributed by atoms with van der Waals surface area (Å²) in [5, 5.41) is 6.55. The number of aliphatic imine (C=N–C) groups is 1. The maximum Gasteiger partial charge on any atom is 0.191 e. The molecule has 2 N–H and O–H groups in total. The molecule has 1 unspecified atom stereocenters. The van der Waals surface area contributed by atoms with Gasteiger partial charge in [-0.25, -0.2) is 0 Å². The van der Waals surface area contributed by atoms with Crippen molar-refractivity contribution in [2.75, 3.05) is 18.8 Å².